The summed E-state index contributed by atoms with van der Waals surface area (Å²) in [5.74, 6) is -6.95. The standard InChI is InChI=1S/C24H10N2O10/c27-9-1-5-13-6(22(32)25(35)21(5)31)2-11(29)17-18-12(30)4-8-14-7(23(33)26(36)24(8)34)3-10(28)16(20(14)18)15(9)19(13)17/h1-4,27-30,35-36H. The molecule has 0 atom stereocenters. The first-order valence-corrected chi connectivity index (χ1v) is 10.3. The number of amides is 4. The van der Waals surface area contributed by atoms with Gasteiger partial charge < -0.3 is 20.4 Å². The minimum atomic E-state index is -1.14. The van der Waals surface area contributed by atoms with Gasteiger partial charge in [0.1, 0.15) is 23.0 Å². The minimum absolute atomic E-state index is 0.0533. The van der Waals surface area contributed by atoms with Gasteiger partial charge in [0.2, 0.25) is 0 Å². The van der Waals surface area contributed by atoms with Crippen LogP contribution in [0, 0.1) is 0 Å². The molecule has 36 heavy (non-hydrogen) atoms. The van der Waals surface area contributed by atoms with Crippen molar-refractivity contribution in [3.05, 3.63) is 46.5 Å². The third-order valence-electron chi connectivity index (χ3n) is 6.92. The zero-order chi connectivity index (χ0) is 25.5. The lowest BCUT2D eigenvalue weighted by molar-refractivity contribution is -0.0381. The van der Waals surface area contributed by atoms with Gasteiger partial charge in [0, 0.05) is 43.1 Å². The minimum Gasteiger partial charge on any atom is -0.507 e. The van der Waals surface area contributed by atoms with E-state index in [1.807, 2.05) is 0 Å². The van der Waals surface area contributed by atoms with Crippen molar-refractivity contribution in [2.24, 2.45) is 0 Å². The molecule has 12 heteroatoms. The van der Waals surface area contributed by atoms with E-state index >= 15 is 0 Å². The van der Waals surface area contributed by atoms with Crippen LogP contribution in [0.1, 0.15) is 41.4 Å². The molecule has 6 N–H and O–H groups in total. The van der Waals surface area contributed by atoms with E-state index in [1.54, 1.807) is 0 Å². The summed E-state index contributed by atoms with van der Waals surface area (Å²) in [6.45, 7) is 0. The third-order valence-corrected chi connectivity index (χ3v) is 6.92. The Morgan fingerprint density at radius 3 is 0.833 bits per heavy atom. The molecule has 5 aromatic rings. The summed E-state index contributed by atoms with van der Waals surface area (Å²) in [6, 6.07) is 3.91. The van der Waals surface area contributed by atoms with E-state index < -0.39 is 46.6 Å². The molecule has 5 aromatic carbocycles. The van der Waals surface area contributed by atoms with E-state index in [1.165, 1.54) is 0 Å². The summed E-state index contributed by atoms with van der Waals surface area (Å²) in [5, 5.41) is 62.8. The molecular formula is C24H10N2O10. The van der Waals surface area contributed by atoms with Crippen LogP contribution >= 0.6 is 0 Å². The number of carbonyl (C=O) groups excluding carboxylic acids is 4. The highest BCUT2D eigenvalue weighted by Gasteiger charge is 2.39. The normalized spacial score (nSPS) is 15.5. The van der Waals surface area contributed by atoms with Crippen LogP contribution in [0.4, 0.5) is 0 Å². The predicted molar refractivity (Wildman–Crippen MR) is 119 cm³/mol. The summed E-state index contributed by atoms with van der Waals surface area (Å²) in [6.07, 6.45) is 0. The average molecular weight is 486 g/mol. The van der Waals surface area contributed by atoms with Crippen molar-refractivity contribution in [2.75, 3.05) is 0 Å². The largest absolute Gasteiger partial charge is 0.507 e. The average Bonchev–Trinajstić information content (AvgIpc) is 2.84. The molecule has 0 radical (unpaired) electrons. The lowest BCUT2D eigenvalue weighted by Gasteiger charge is -2.28. The summed E-state index contributed by atoms with van der Waals surface area (Å²) in [7, 11) is 0. The van der Waals surface area contributed by atoms with Crippen molar-refractivity contribution >= 4 is 66.7 Å². The number of nitrogens with zero attached hydrogens (tertiary/aromatic N) is 2. The number of aromatic hydroxyl groups is 4. The predicted octanol–water partition coefficient (Wildman–Crippen LogP) is 2.53. The highest BCUT2D eigenvalue weighted by molar-refractivity contribution is 6.44. The van der Waals surface area contributed by atoms with E-state index in [0.717, 1.165) is 24.3 Å². The van der Waals surface area contributed by atoms with Gasteiger partial charge in [-0.15, -0.1) is 10.1 Å². The Kier molecular flexibility index (Phi) is 3.30. The molecule has 2 aliphatic heterocycles. The second kappa shape index (κ2) is 5.89. The number of hydrogen-bond acceptors (Lipinski definition) is 10. The van der Waals surface area contributed by atoms with Gasteiger partial charge in [-0.3, -0.25) is 29.6 Å². The maximum Gasteiger partial charge on any atom is 0.285 e. The fraction of sp³-hybridized carbons (Fsp3) is 0. The van der Waals surface area contributed by atoms with Crippen LogP contribution in [-0.4, -0.2) is 64.6 Å². The van der Waals surface area contributed by atoms with Crippen LogP contribution in [0.2, 0.25) is 0 Å². The molecular weight excluding hydrogens is 476 g/mol. The topological polar surface area (TPSA) is 196 Å². The Bertz CT molecular complexity index is 1720. The number of hydrogen-bond donors (Lipinski definition) is 6. The molecule has 0 fully saturated rings. The fourth-order valence-electron chi connectivity index (χ4n) is 5.54. The number of rotatable bonds is 0. The summed E-state index contributed by atoms with van der Waals surface area (Å²) in [5.41, 5.74) is -1.12. The number of phenolic OH excluding ortho intramolecular Hbond substituents is 4. The molecule has 0 unspecified atom stereocenters. The molecule has 0 bridgehead atoms. The molecule has 4 amide bonds. The van der Waals surface area contributed by atoms with Crippen LogP contribution in [0.15, 0.2) is 24.3 Å². The SMILES string of the molecule is O=C1c2cc(O)c3c4c(O)cc5c6c(cc(O)c(c7c(O)cc(c2c37)C(=O)N1O)c64)C(=O)N(O)C5=O. The molecule has 0 aliphatic carbocycles. The lowest BCUT2D eigenvalue weighted by Crippen LogP contribution is -2.37. The second-order valence-electron chi connectivity index (χ2n) is 8.62. The third kappa shape index (κ3) is 1.95. The molecule has 0 spiro atoms. The first-order valence-electron chi connectivity index (χ1n) is 10.3. The van der Waals surface area contributed by atoms with Gasteiger partial charge >= 0.3 is 0 Å². The quantitative estimate of drug-likeness (QED) is 0.0819. The smallest absolute Gasteiger partial charge is 0.285 e. The highest BCUT2D eigenvalue weighted by atomic mass is 16.5. The molecule has 176 valence electrons. The molecule has 2 heterocycles. The Hall–Kier alpha value is -5.20. The van der Waals surface area contributed by atoms with E-state index in [-0.39, 0.29) is 75.5 Å². The van der Waals surface area contributed by atoms with Crippen LogP contribution in [-0.2, 0) is 0 Å². The second-order valence-corrected chi connectivity index (χ2v) is 8.62. The van der Waals surface area contributed by atoms with Gasteiger partial charge in [0.15, 0.2) is 0 Å². The Balaban J connectivity index is 1.89. The van der Waals surface area contributed by atoms with Crippen LogP contribution < -0.4 is 0 Å². The van der Waals surface area contributed by atoms with Gasteiger partial charge in [-0.25, -0.2) is 0 Å². The number of benzene rings is 5. The van der Waals surface area contributed by atoms with Gasteiger partial charge in [-0.2, -0.15) is 0 Å². The molecule has 0 aromatic heterocycles. The summed E-state index contributed by atoms with van der Waals surface area (Å²) in [4.78, 5) is 50.7. The number of carbonyl (C=O) groups is 4. The zero-order valence-corrected chi connectivity index (χ0v) is 17.5. The lowest BCUT2D eigenvalue weighted by atomic mass is 9.81. The van der Waals surface area contributed by atoms with Gasteiger partial charge in [-0.1, -0.05) is 0 Å². The maximum absolute atomic E-state index is 12.7. The van der Waals surface area contributed by atoms with E-state index in [0.29, 0.717) is 0 Å². The first-order chi connectivity index (χ1) is 17.0. The maximum atomic E-state index is 12.7. The number of imide groups is 2. The van der Waals surface area contributed by atoms with Crippen LogP contribution in [0.25, 0.3) is 43.1 Å². The van der Waals surface area contributed by atoms with Crippen molar-refractivity contribution in [3.8, 4) is 23.0 Å². The van der Waals surface area contributed by atoms with Crippen molar-refractivity contribution in [3.63, 3.8) is 0 Å². The molecule has 12 nitrogen and oxygen atoms in total. The van der Waals surface area contributed by atoms with Gasteiger partial charge in [-0.05, 0) is 24.3 Å². The number of phenols is 4. The summed E-state index contributed by atoms with van der Waals surface area (Å²) >= 11 is 0. The summed E-state index contributed by atoms with van der Waals surface area (Å²) < 4.78 is 0. The van der Waals surface area contributed by atoms with Crippen LogP contribution in [0.5, 0.6) is 23.0 Å². The van der Waals surface area contributed by atoms with Crippen molar-refractivity contribution in [1.82, 2.24) is 10.1 Å². The van der Waals surface area contributed by atoms with Crippen molar-refractivity contribution < 1.29 is 50.0 Å². The molecule has 0 saturated carbocycles. The van der Waals surface area contributed by atoms with E-state index in [2.05, 4.69) is 0 Å². The van der Waals surface area contributed by atoms with Gasteiger partial charge in [0.25, 0.3) is 23.6 Å². The Labute approximate surface area is 196 Å². The van der Waals surface area contributed by atoms with E-state index in [9.17, 15) is 50.0 Å². The fourth-order valence-corrected chi connectivity index (χ4v) is 5.54. The Morgan fingerprint density at radius 1 is 0.389 bits per heavy atom. The van der Waals surface area contributed by atoms with Crippen LogP contribution in [0.3, 0.4) is 0 Å². The van der Waals surface area contributed by atoms with Crippen molar-refractivity contribution in [2.45, 2.75) is 0 Å². The first kappa shape index (κ1) is 20.2. The van der Waals surface area contributed by atoms with Gasteiger partial charge in [0.05, 0.1) is 22.3 Å². The zero-order valence-electron chi connectivity index (χ0n) is 17.5. The molecule has 7 rings (SSSR count). The number of fused-ring (bicyclic) bond motifs is 2. The number of hydroxylamine groups is 4. The monoisotopic (exact) mass is 486 g/mol. The van der Waals surface area contributed by atoms with Crippen molar-refractivity contribution in [1.29, 1.82) is 0 Å². The Morgan fingerprint density at radius 2 is 0.611 bits per heavy atom. The molecule has 0 saturated heterocycles. The molecule has 2 aliphatic rings. The highest BCUT2D eigenvalue weighted by Crippen LogP contribution is 2.55. The van der Waals surface area contributed by atoms with E-state index in [4.69, 9.17) is 0 Å².